The van der Waals surface area contributed by atoms with Gasteiger partial charge in [0.2, 0.25) is 0 Å². The predicted molar refractivity (Wildman–Crippen MR) is 109 cm³/mol. The number of likely N-dealkylation sites (N-methyl/N-ethyl adjacent to an activating group) is 1. The smallest absolute Gasteiger partial charge is 0.270 e. The van der Waals surface area contributed by atoms with E-state index < -0.39 is 0 Å². The molecule has 0 aliphatic carbocycles. The molecule has 1 N–H and O–H groups in total. The molecule has 1 fully saturated rings. The molecule has 8 heteroatoms. The Balaban J connectivity index is 1.59. The van der Waals surface area contributed by atoms with Crippen LogP contribution in [-0.2, 0) is 0 Å². The highest BCUT2D eigenvalue weighted by molar-refractivity contribution is 6.30. The van der Waals surface area contributed by atoms with Gasteiger partial charge in [-0.1, -0.05) is 17.7 Å². The van der Waals surface area contributed by atoms with Gasteiger partial charge in [0, 0.05) is 56.0 Å². The van der Waals surface area contributed by atoms with Gasteiger partial charge in [0.1, 0.15) is 17.8 Å². The molecule has 0 saturated carbocycles. The number of piperazine rings is 1. The van der Waals surface area contributed by atoms with Gasteiger partial charge in [-0.25, -0.2) is 9.97 Å². The van der Waals surface area contributed by atoms with Crippen molar-refractivity contribution in [3.8, 4) is 0 Å². The van der Waals surface area contributed by atoms with E-state index in [1.807, 2.05) is 37.2 Å². The third kappa shape index (κ3) is 5.30. The summed E-state index contributed by atoms with van der Waals surface area (Å²) in [6, 6.07) is 9.67. The number of carbonyl (C=O) groups excluding carboxylic acids is 1. The van der Waals surface area contributed by atoms with Crippen LogP contribution in [0.3, 0.4) is 0 Å². The molecule has 1 saturated heterocycles. The third-order valence-electron chi connectivity index (χ3n) is 4.51. The number of aromatic nitrogens is 2. The number of anilines is 2. The highest BCUT2D eigenvalue weighted by Crippen LogP contribution is 2.22. The number of benzene rings is 1. The van der Waals surface area contributed by atoms with E-state index in [1.54, 1.807) is 6.07 Å². The third-order valence-corrected chi connectivity index (χ3v) is 4.74. The normalized spacial score (nSPS) is 14.5. The molecule has 0 unspecified atom stereocenters. The van der Waals surface area contributed by atoms with E-state index in [2.05, 4.69) is 31.2 Å². The molecule has 144 valence electrons. The van der Waals surface area contributed by atoms with Crippen molar-refractivity contribution in [2.24, 2.45) is 0 Å². The van der Waals surface area contributed by atoms with Crippen LogP contribution >= 0.6 is 11.6 Å². The molecule has 3 rings (SSSR count). The molecule has 0 radical (unpaired) electrons. The zero-order chi connectivity index (χ0) is 19.2. The summed E-state index contributed by atoms with van der Waals surface area (Å²) < 4.78 is 0. The van der Waals surface area contributed by atoms with E-state index >= 15 is 0 Å². The minimum absolute atomic E-state index is 0.168. The van der Waals surface area contributed by atoms with Crippen LogP contribution < -0.4 is 15.1 Å². The summed E-state index contributed by atoms with van der Waals surface area (Å²) in [4.78, 5) is 27.2. The van der Waals surface area contributed by atoms with Gasteiger partial charge in [-0.2, -0.15) is 0 Å². The molecule has 1 aromatic heterocycles. The van der Waals surface area contributed by atoms with Crippen LogP contribution in [0.4, 0.5) is 11.5 Å². The summed E-state index contributed by atoms with van der Waals surface area (Å²) >= 11 is 6.09. The summed E-state index contributed by atoms with van der Waals surface area (Å²) in [5.74, 6) is 0.617. The summed E-state index contributed by atoms with van der Waals surface area (Å²) in [6.07, 6.45) is 1.46. The monoisotopic (exact) mass is 388 g/mol. The lowest BCUT2D eigenvalue weighted by atomic mass is 10.2. The number of hydrogen-bond donors (Lipinski definition) is 1. The topological polar surface area (TPSA) is 64.6 Å². The Hall–Kier alpha value is -2.38. The lowest BCUT2D eigenvalue weighted by Crippen LogP contribution is -2.47. The van der Waals surface area contributed by atoms with Crippen molar-refractivity contribution in [2.45, 2.75) is 0 Å². The zero-order valence-corrected chi connectivity index (χ0v) is 16.5. The average molecular weight is 389 g/mol. The minimum Gasteiger partial charge on any atom is -0.368 e. The van der Waals surface area contributed by atoms with Gasteiger partial charge >= 0.3 is 0 Å². The zero-order valence-electron chi connectivity index (χ0n) is 15.7. The van der Waals surface area contributed by atoms with E-state index in [-0.39, 0.29) is 5.91 Å². The van der Waals surface area contributed by atoms with Crippen molar-refractivity contribution in [1.29, 1.82) is 0 Å². The number of hydrogen-bond acceptors (Lipinski definition) is 6. The molecule has 2 heterocycles. The Labute approximate surface area is 165 Å². The van der Waals surface area contributed by atoms with Gasteiger partial charge in [-0.05, 0) is 32.3 Å². The average Bonchev–Trinajstić information content (AvgIpc) is 2.68. The lowest BCUT2D eigenvalue weighted by Gasteiger charge is -2.36. The van der Waals surface area contributed by atoms with Gasteiger partial charge in [-0.15, -0.1) is 0 Å². The Kier molecular flexibility index (Phi) is 6.47. The maximum absolute atomic E-state index is 12.3. The quantitative estimate of drug-likeness (QED) is 0.813. The van der Waals surface area contributed by atoms with E-state index in [0.29, 0.717) is 12.2 Å². The molecule has 1 aliphatic heterocycles. The molecule has 1 aromatic carbocycles. The van der Waals surface area contributed by atoms with Crippen LogP contribution in [0.25, 0.3) is 0 Å². The lowest BCUT2D eigenvalue weighted by molar-refractivity contribution is 0.0946. The highest BCUT2D eigenvalue weighted by Gasteiger charge is 2.20. The highest BCUT2D eigenvalue weighted by atomic mass is 35.5. The first-order chi connectivity index (χ1) is 13.0. The maximum atomic E-state index is 12.3. The number of nitrogens with one attached hydrogen (secondary N) is 1. The molecule has 2 aromatic rings. The van der Waals surface area contributed by atoms with Crippen molar-refractivity contribution in [3.05, 3.63) is 47.4 Å². The number of amides is 1. The van der Waals surface area contributed by atoms with E-state index in [0.717, 1.165) is 49.3 Å². The van der Waals surface area contributed by atoms with E-state index in [1.165, 1.54) is 6.33 Å². The number of halogens is 1. The van der Waals surface area contributed by atoms with Crippen LogP contribution in [0, 0.1) is 0 Å². The van der Waals surface area contributed by atoms with Crippen LogP contribution in [-0.4, -0.2) is 74.1 Å². The van der Waals surface area contributed by atoms with Crippen molar-refractivity contribution in [3.63, 3.8) is 0 Å². The number of rotatable bonds is 6. The van der Waals surface area contributed by atoms with E-state index in [9.17, 15) is 4.79 Å². The molecule has 1 amide bonds. The van der Waals surface area contributed by atoms with Crippen LogP contribution in [0.5, 0.6) is 0 Å². The van der Waals surface area contributed by atoms with Crippen molar-refractivity contribution < 1.29 is 4.79 Å². The summed E-state index contributed by atoms with van der Waals surface area (Å²) in [5, 5.41) is 3.63. The second kappa shape index (κ2) is 9.01. The second-order valence-corrected chi connectivity index (χ2v) is 7.21. The number of carbonyl (C=O) groups is 1. The van der Waals surface area contributed by atoms with Gasteiger partial charge in [-0.3, -0.25) is 4.79 Å². The summed E-state index contributed by atoms with van der Waals surface area (Å²) in [6.45, 7) is 4.76. The fraction of sp³-hybridized carbons (Fsp3) is 0.421. The van der Waals surface area contributed by atoms with Crippen molar-refractivity contribution in [1.82, 2.24) is 20.2 Å². The second-order valence-electron chi connectivity index (χ2n) is 6.77. The molecule has 0 bridgehead atoms. The van der Waals surface area contributed by atoms with Crippen molar-refractivity contribution in [2.75, 3.05) is 63.2 Å². The Morgan fingerprint density at radius 3 is 2.59 bits per heavy atom. The molecule has 0 spiro atoms. The van der Waals surface area contributed by atoms with Gasteiger partial charge in [0.25, 0.3) is 5.91 Å². The molecular weight excluding hydrogens is 364 g/mol. The largest absolute Gasteiger partial charge is 0.368 e. The van der Waals surface area contributed by atoms with Crippen molar-refractivity contribution >= 4 is 29.0 Å². The number of nitrogens with zero attached hydrogens (tertiary/aromatic N) is 5. The maximum Gasteiger partial charge on any atom is 0.270 e. The Morgan fingerprint density at radius 1 is 1.15 bits per heavy atom. The Bertz CT molecular complexity index is 776. The summed E-state index contributed by atoms with van der Waals surface area (Å²) in [7, 11) is 3.94. The molecule has 1 aliphatic rings. The minimum atomic E-state index is -0.168. The van der Waals surface area contributed by atoms with Gasteiger partial charge in [0.15, 0.2) is 0 Å². The molecule has 0 atom stereocenters. The first-order valence-electron chi connectivity index (χ1n) is 9.03. The SMILES string of the molecule is CN(C)CCNC(=O)c1cc(N2CCN(c3cccc(Cl)c3)CC2)ncn1. The summed E-state index contributed by atoms with van der Waals surface area (Å²) in [5.41, 5.74) is 1.53. The standard InChI is InChI=1S/C19H25ClN6O/c1-24(2)7-6-21-19(27)17-13-18(23-14-22-17)26-10-8-25(9-11-26)16-5-3-4-15(20)12-16/h3-5,12-14H,6-11H2,1-2H3,(H,21,27). The molecule has 7 nitrogen and oxygen atoms in total. The molecular formula is C19H25ClN6O. The predicted octanol–water partition coefficient (Wildman–Crippen LogP) is 1.75. The molecule has 27 heavy (non-hydrogen) atoms. The first-order valence-corrected chi connectivity index (χ1v) is 9.41. The first kappa shape index (κ1) is 19.4. The fourth-order valence-corrected chi connectivity index (χ4v) is 3.18. The Morgan fingerprint density at radius 2 is 1.89 bits per heavy atom. The van der Waals surface area contributed by atoms with Crippen LogP contribution in [0.15, 0.2) is 36.7 Å². The fourth-order valence-electron chi connectivity index (χ4n) is 2.99. The van der Waals surface area contributed by atoms with Gasteiger partial charge in [0.05, 0.1) is 0 Å². The van der Waals surface area contributed by atoms with Gasteiger partial charge < -0.3 is 20.0 Å². The van der Waals surface area contributed by atoms with Crippen LogP contribution in [0.2, 0.25) is 5.02 Å². The van der Waals surface area contributed by atoms with E-state index in [4.69, 9.17) is 11.6 Å². The van der Waals surface area contributed by atoms with Crippen LogP contribution in [0.1, 0.15) is 10.5 Å².